The molecule has 1 fully saturated rings. The van der Waals surface area contributed by atoms with Gasteiger partial charge in [-0.2, -0.15) is 0 Å². The van der Waals surface area contributed by atoms with Gasteiger partial charge in [-0.05, 0) is 38.0 Å². The minimum absolute atomic E-state index is 0.202. The SMILES string of the molecule is Cc1cccc(C(=O)NCc2cccnc2N2CCC[C@@H](O)C2)n1. The number of aryl methyl sites for hydroxylation is 1. The third-order valence-corrected chi connectivity index (χ3v) is 4.12. The van der Waals surface area contributed by atoms with Crippen LogP contribution < -0.4 is 10.2 Å². The molecular weight excluding hydrogens is 304 g/mol. The van der Waals surface area contributed by atoms with Gasteiger partial charge in [0.2, 0.25) is 0 Å². The van der Waals surface area contributed by atoms with Crippen molar-refractivity contribution in [3.63, 3.8) is 0 Å². The van der Waals surface area contributed by atoms with E-state index in [2.05, 4.69) is 20.2 Å². The van der Waals surface area contributed by atoms with Crippen LogP contribution in [-0.2, 0) is 6.54 Å². The molecule has 6 heteroatoms. The number of hydrogen-bond donors (Lipinski definition) is 2. The van der Waals surface area contributed by atoms with Gasteiger partial charge in [0.15, 0.2) is 0 Å². The van der Waals surface area contributed by atoms with E-state index in [4.69, 9.17) is 0 Å². The number of amides is 1. The molecule has 6 nitrogen and oxygen atoms in total. The van der Waals surface area contributed by atoms with Crippen LogP contribution in [0.3, 0.4) is 0 Å². The Balaban J connectivity index is 1.70. The molecule has 2 aromatic rings. The smallest absolute Gasteiger partial charge is 0.270 e. The number of piperidine rings is 1. The van der Waals surface area contributed by atoms with Crippen LogP contribution in [0.2, 0.25) is 0 Å². The largest absolute Gasteiger partial charge is 0.391 e. The van der Waals surface area contributed by atoms with E-state index in [9.17, 15) is 9.90 Å². The molecule has 0 aliphatic carbocycles. The van der Waals surface area contributed by atoms with Gasteiger partial charge in [-0.15, -0.1) is 0 Å². The molecule has 2 N–H and O–H groups in total. The van der Waals surface area contributed by atoms with E-state index in [1.54, 1.807) is 12.3 Å². The highest BCUT2D eigenvalue weighted by Gasteiger charge is 2.21. The maximum Gasteiger partial charge on any atom is 0.270 e. The molecule has 0 radical (unpaired) electrons. The number of hydrogen-bond acceptors (Lipinski definition) is 5. The lowest BCUT2D eigenvalue weighted by atomic mass is 10.1. The Morgan fingerprint density at radius 3 is 3.04 bits per heavy atom. The molecule has 0 saturated carbocycles. The number of aromatic nitrogens is 2. The van der Waals surface area contributed by atoms with Gasteiger partial charge >= 0.3 is 0 Å². The summed E-state index contributed by atoms with van der Waals surface area (Å²) in [5.41, 5.74) is 2.16. The van der Waals surface area contributed by atoms with Gasteiger partial charge in [0, 0.05) is 37.1 Å². The number of pyridine rings is 2. The Morgan fingerprint density at radius 1 is 1.38 bits per heavy atom. The zero-order valence-electron chi connectivity index (χ0n) is 13.8. The lowest BCUT2D eigenvalue weighted by molar-refractivity contribution is 0.0945. The summed E-state index contributed by atoms with van der Waals surface area (Å²) in [4.78, 5) is 23.0. The average molecular weight is 326 g/mol. The molecular formula is C18H22N4O2. The highest BCUT2D eigenvalue weighted by molar-refractivity contribution is 5.92. The fourth-order valence-corrected chi connectivity index (χ4v) is 2.94. The lowest BCUT2D eigenvalue weighted by Gasteiger charge is -2.32. The number of aliphatic hydroxyl groups is 1. The van der Waals surface area contributed by atoms with Crippen molar-refractivity contribution >= 4 is 11.7 Å². The fraction of sp³-hybridized carbons (Fsp3) is 0.389. The molecule has 1 saturated heterocycles. The number of β-amino-alcohol motifs (C(OH)–C–C–N with tert-alkyl or cyclic N) is 1. The van der Waals surface area contributed by atoms with Gasteiger partial charge in [0.05, 0.1) is 6.10 Å². The van der Waals surface area contributed by atoms with Gasteiger partial charge in [0.25, 0.3) is 5.91 Å². The van der Waals surface area contributed by atoms with Crippen LogP contribution in [0.5, 0.6) is 0 Å². The van der Waals surface area contributed by atoms with E-state index in [0.717, 1.165) is 36.5 Å². The molecule has 2 aromatic heterocycles. The molecule has 1 aliphatic heterocycles. The first-order chi connectivity index (χ1) is 11.6. The van der Waals surface area contributed by atoms with Crippen LogP contribution >= 0.6 is 0 Å². The Morgan fingerprint density at radius 2 is 2.25 bits per heavy atom. The third kappa shape index (κ3) is 3.89. The van der Waals surface area contributed by atoms with Crippen molar-refractivity contribution in [3.8, 4) is 0 Å². The van der Waals surface area contributed by atoms with Crippen LogP contribution in [0.25, 0.3) is 0 Å². The zero-order valence-corrected chi connectivity index (χ0v) is 13.8. The summed E-state index contributed by atoms with van der Waals surface area (Å²) in [6.45, 7) is 3.69. The summed E-state index contributed by atoms with van der Waals surface area (Å²) in [6, 6.07) is 9.19. The first-order valence-corrected chi connectivity index (χ1v) is 8.22. The van der Waals surface area contributed by atoms with E-state index < -0.39 is 0 Å². The summed E-state index contributed by atoms with van der Waals surface area (Å²) in [5, 5.41) is 12.8. The predicted octanol–water partition coefficient (Wildman–Crippen LogP) is 1.68. The number of nitrogens with one attached hydrogen (secondary N) is 1. The maximum absolute atomic E-state index is 12.3. The molecule has 0 unspecified atom stereocenters. The van der Waals surface area contributed by atoms with E-state index in [-0.39, 0.29) is 12.0 Å². The van der Waals surface area contributed by atoms with Gasteiger partial charge in [-0.1, -0.05) is 12.1 Å². The second-order valence-electron chi connectivity index (χ2n) is 6.08. The zero-order chi connectivity index (χ0) is 16.9. The lowest BCUT2D eigenvalue weighted by Crippen LogP contribution is -2.39. The van der Waals surface area contributed by atoms with Crippen molar-refractivity contribution < 1.29 is 9.90 Å². The number of carbonyl (C=O) groups excluding carboxylic acids is 1. The van der Waals surface area contributed by atoms with E-state index >= 15 is 0 Å². The molecule has 24 heavy (non-hydrogen) atoms. The molecule has 126 valence electrons. The van der Waals surface area contributed by atoms with Crippen LogP contribution in [0.4, 0.5) is 5.82 Å². The molecule has 0 spiro atoms. The number of rotatable bonds is 4. The van der Waals surface area contributed by atoms with Crippen LogP contribution in [0, 0.1) is 6.92 Å². The first-order valence-electron chi connectivity index (χ1n) is 8.22. The van der Waals surface area contributed by atoms with E-state index in [1.165, 1.54) is 0 Å². The minimum Gasteiger partial charge on any atom is -0.391 e. The Kier molecular flexibility index (Phi) is 5.05. The van der Waals surface area contributed by atoms with Crippen molar-refractivity contribution in [2.45, 2.75) is 32.4 Å². The fourth-order valence-electron chi connectivity index (χ4n) is 2.94. The number of carbonyl (C=O) groups is 1. The van der Waals surface area contributed by atoms with Crippen molar-refractivity contribution in [3.05, 3.63) is 53.5 Å². The molecule has 3 heterocycles. The summed E-state index contributed by atoms with van der Waals surface area (Å²) in [6.07, 6.45) is 3.19. The van der Waals surface area contributed by atoms with Crippen LogP contribution in [0.15, 0.2) is 36.5 Å². The number of anilines is 1. The first kappa shape index (κ1) is 16.4. The van der Waals surface area contributed by atoms with Crippen molar-refractivity contribution in [1.82, 2.24) is 15.3 Å². The number of nitrogens with zero attached hydrogens (tertiary/aromatic N) is 3. The monoisotopic (exact) mass is 326 g/mol. The van der Waals surface area contributed by atoms with Gasteiger partial charge in [-0.25, -0.2) is 9.97 Å². The van der Waals surface area contributed by atoms with Crippen molar-refractivity contribution in [2.24, 2.45) is 0 Å². The quantitative estimate of drug-likeness (QED) is 0.894. The van der Waals surface area contributed by atoms with Crippen LogP contribution in [0.1, 0.15) is 34.6 Å². The standard InChI is InChI=1S/C18H22N4O2/c1-13-5-2-8-16(21-13)18(24)20-11-14-6-3-9-19-17(14)22-10-4-7-15(23)12-22/h2-3,5-6,8-9,15,23H,4,7,10-12H2,1H3,(H,20,24)/t15-/m1/s1. The highest BCUT2D eigenvalue weighted by atomic mass is 16.3. The Bertz CT molecular complexity index is 720. The molecule has 1 aliphatic rings. The molecule has 3 rings (SSSR count). The summed E-state index contributed by atoms with van der Waals surface area (Å²) >= 11 is 0. The molecule has 1 atom stereocenters. The van der Waals surface area contributed by atoms with E-state index in [0.29, 0.717) is 18.8 Å². The van der Waals surface area contributed by atoms with Gasteiger partial charge in [-0.3, -0.25) is 4.79 Å². The minimum atomic E-state index is -0.320. The summed E-state index contributed by atoms with van der Waals surface area (Å²) in [7, 11) is 0. The van der Waals surface area contributed by atoms with Gasteiger partial charge < -0.3 is 15.3 Å². The molecule has 0 bridgehead atoms. The Hall–Kier alpha value is -2.47. The second-order valence-corrected chi connectivity index (χ2v) is 6.08. The third-order valence-electron chi connectivity index (χ3n) is 4.12. The van der Waals surface area contributed by atoms with E-state index in [1.807, 2.05) is 31.2 Å². The van der Waals surface area contributed by atoms with Crippen LogP contribution in [-0.4, -0.2) is 40.2 Å². The predicted molar refractivity (Wildman–Crippen MR) is 91.8 cm³/mol. The normalized spacial score (nSPS) is 17.6. The highest BCUT2D eigenvalue weighted by Crippen LogP contribution is 2.21. The summed E-state index contributed by atoms with van der Waals surface area (Å²) in [5.74, 6) is 0.626. The maximum atomic E-state index is 12.3. The average Bonchev–Trinajstić information content (AvgIpc) is 2.60. The topological polar surface area (TPSA) is 78.4 Å². The molecule has 0 aromatic carbocycles. The van der Waals surface area contributed by atoms with Gasteiger partial charge in [0.1, 0.15) is 11.5 Å². The molecule has 1 amide bonds. The second kappa shape index (κ2) is 7.40. The Labute approximate surface area is 141 Å². The number of aliphatic hydroxyl groups excluding tert-OH is 1. The van der Waals surface area contributed by atoms with Crippen molar-refractivity contribution in [1.29, 1.82) is 0 Å². The van der Waals surface area contributed by atoms with Crippen molar-refractivity contribution in [2.75, 3.05) is 18.0 Å². The summed E-state index contributed by atoms with van der Waals surface area (Å²) < 4.78 is 0.